The molecule has 2 aromatic carbocycles. The van der Waals surface area contributed by atoms with E-state index in [-0.39, 0.29) is 0 Å². The molecule has 3 aromatic rings. The number of para-hydroxylation sites is 2. The number of hydrogen-bond donors (Lipinski definition) is 1. The molecule has 26 heavy (non-hydrogen) atoms. The number of nitrogens with two attached hydrogens (primary N) is 1. The van der Waals surface area contributed by atoms with Gasteiger partial charge in [0, 0.05) is 26.2 Å². The maximum Gasteiger partial charge on any atom is 0.196 e. The zero-order valence-corrected chi connectivity index (χ0v) is 14.8. The molecule has 6 heteroatoms. The molecule has 1 aliphatic rings. The first-order valence-corrected chi connectivity index (χ1v) is 8.81. The highest BCUT2D eigenvalue weighted by molar-refractivity contribution is 5.81. The highest BCUT2D eigenvalue weighted by atomic mass is 15.3. The predicted octanol–water partition coefficient (Wildman–Crippen LogP) is 2.71. The molecule has 1 aliphatic heterocycles. The van der Waals surface area contributed by atoms with Crippen molar-refractivity contribution in [1.82, 2.24) is 14.9 Å². The molecule has 4 rings (SSSR count). The molecular formula is C20H22N6. The van der Waals surface area contributed by atoms with Gasteiger partial charge < -0.3 is 15.5 Å². The number of hydrogen-bond acceptors (Lipinski definition) is 4. The summed E-state index contributed by atoms with van der Waals surface area (Å²) in [4.78, 5) is 18.1. The topological polar surface area (TPSA) is 70.6 Å². The summed E-state index contributed by atoms with van der Waals surface area (Å²) < 4.78 is 0. The van der Waals surface area contributed by atoms with Crippen molar-refractivity contribution in [3.8, 4) is 0 Å². The summed E-state index contributed by atoms with van der Waals surface area (Å²) in [7, 11) is 0. The van der Waals surface area contributed by atoms with Crippen molar-refractivity contribution < 1.29 is 0 Å². The van der Waals surface area contributed by atoms with Crippen LogP contribution in [0.2, 0.25) is 0 Å². The Morgan fingerprint density at radius 1 is 0.962 bits per heavy atom. The van der Waals surface area contributed by atoms with Gasteiger partial charge in [-0.1, -0.05) is 29.8 Å². The zero-order valence-electron chi connectivity index (χ0n) is 14.8. The minimum atomic E-state index is 0.568. The van der Waals surface area contributed by atoms with Crippen LogP contribution in [0.4, 0.5) is 11.5 Å². The number of aryl methyl sites for hydroxylation is 1. The van der Waals surface area contributed by atoms with Crippen molar-refractivity contribution in [1.29, 1.82) is 0 Å². The Kier molecular flexibility index (Phi) is 4.39. The summed E-state index contributed by atoms with van der Waals surface area (Å²) in [5.41, 5.74) is 10.2. The molecule has 0 amide bonds. The van der Waals surface area contributed by atoms with Crippen molar-refractivity contribution in [3.63, 3.8) is 0 Å². The maximum atomic E-state index is 6.21. The number of nitrogens with zero attached hydrogens (tertiary/aromatic N) is 5. The number of fused-ring (bicyclic) bond motifs is 1. The lowest BCUT2D eigenvalue weighted by Crippen LogP contribution is -2.51. The van der Waals surface area contributed by atoms with Gasteiger partial charge in [0.1, 0.15) is 5.82 Å². The SMILES string of the molecule is Cc1ccc(N=C(N)N2CCN(c3cnc4ccccc4n3)CC2)cc1. The summed E-state index contributed by atoms with van der Waals surface area (Å²) in [5, 5.41) is 0. The van der Waals surface area contributed by atoms with E-state index in [0.29, 0.717) is 5.96 Å². The van der Waals surface area contributed by atoms with Crippen LogP contribution in [0.5, 0.6) is 0 Å². The Hall–Kier alpha value is -3.15. The van der Waals surface area contributed by atoms with E-state index in [4.69, 9.17) is 10.7 Å². The first kappa shape index (κ1) is 16.3. The van der Waals surface area contributed by atoms with E-state index in [0.717, 1.165) is 48.7 Å². The van der Waals surface area contributed by atoms with Crippen LogP contribution in [-0.2, 0) is 0 Å². The van der Waals surface area contributed by atoms with Crippen LogP contribution in [0, 0.1) is 6.92 Å². The molecule has 0 bridgehead atoms. The predicted molar refractivity (Wildman–Crippen MR) is 106 cm³/mol. The number of rotatable bonds is 2. The molecule has 0 atom stereocenters. The van der Waals surface area contributed by atoms with E-state index in [9.17, 15) is 0 Å². The highest BCUT2D eigenvalue weighted by Gasteiger charge is 2.20. The molecule has 0 radical (unpaired) electrons. The molecule has 1 saturated heterocycles. The Morgan fingerprint density at radius 3 is 2.38 bits per heavy atom. The fourth-order valence-electron chi connectivity index (χ4n) is 3.09. The number of guanidine groups is 1. The van der Waals surface area contributed by atoms with Gasteiger partial charge in [0.2, 0.25) is 0 Å². The minimum absolute atomic E-state index is 0.568. The van der Waals surface area contributed by atoms with Gasteiger partial charge in [-0.3, -0.25) is 4.98 Å². The van der Waals surface area contributed by atoms with Crippen LogP contribution in [-0.4, -0.2) is 47.0 Å². The third-order valence-corrected chi connectivity index (χ3v) is 4.64. The quantitative estimate of drug-likeness (QED) is 0.571. The third kappa shape index (κ3) is 3.44. The Bertz CT molecular complexity index is 926. The van der Waals surface area contributed by atoms with Crippen LogP contribution >= 0.6 is 0 Å². The zero-order chi connectivity index (χ0) is 17.9. The normalized spacial score (nSPS) is 15.5. The number of aliphatic imine (C=N–C) groups is 1. The Morgan fingerprint density at radius 2 is 1.65 bits per heavy atom. The van der Waals surface area contributed by atoms with Gasteiger partial charge in [-0.05, 0) is 31.2 Å². The number of aromatic nitrogens is 2. The molecule has 2 heterocycles. The summed E-state index contributed by atoms with van der Waals surface area (Å²) >= 11 is 0. The summed E-state index contributed by atoms with van der Waals surface area (Å²) in [6.07, 6.45) is 1.85. The van der Waals surface area contributed by atoms with Crippen LogP contribution < -0.4 is 10.6 Å². The van der Waals surface area contributed by atoms with E-state index in [1.54, 1.807) is 0 Å². The number of benzene rings is 2. The lowest BCUT2D eigenvalue weighted by atomic mass is 10.2. The summed E-state index contributed by atoms with van der Waals surface area (Å²) in [6.45, 7) is 5.38. The van der Waals surface area contributed by atoms with Crippen molar-refractivity contribution in [2.75, 3.05) is 31.1 Å². The average molecular weight is 346 g/mol. The minimum Gasteiger partial charge on any atom is -0.369 e. The van der Waals surface area contributed by atoms with E-state index in [1.165, 1.54) is 5.56 Å². The Labute approximate surface area is 153 Å². The van der Waals surface area contributed by atoms with E-state index in [1.807, 2.05) is 54.7 Å². The van der Waals surface area contributed by atoms with Gasteiger partial charge in [-0.25, -0.2) is 9.98 Å². The van der Waals surface area contributed by atoms with Crippen LogP contribution in [0.3, 0.4) is 0 Å². The molecule has 0 aliphatic carbocycles. The van der Waals surface area contributed by atoms with E-state index in [2.05, 4.69) is 26.7 Å². The largest absolute Gasteiger partial charge is 0.369 e. The lowest BCUT2D eigenvalue weighted by molar-refractivity contribution is 0.381. The first-order chi connectivity index (χ1) is 12.7. The molecule has 132 valence electrons. The standard InChI is InChI=1S/C20H22N6/c1-15-6-8-16(9-7-15)23-20(21)26-12-10-25(11-13-26)19-14-22-17-4-2-3-5-18(17)24-19/h2-9,14H,10-13H2,1H3,(H2,21,23). The van der Waals surface area contributed by atoms with Gasteiger partial charge in [-0.2, -0.15) is 0 Å². The van der Waals surface area contributed by atoms with Crippen molar-refractivity contribution >= 4 is 28.5 Å². The molecule has 0 unspecified atom stereocenters. The van der Waals surface area contributed by atoms with Gasteiger partial charge >= 0.3 is 0 Å². The first-order valence-electron chi connectivity index (χ1n) is 8.81. The molecule has 6 nitrogen and oxygen atoms in total. The lowest BCUT2D eigenvalue weighted by Gasteiger charge is -2.35. The van der Waals surface area contributed by atoms with Crippen LogP contribution in [0.25, 0.3) is 11.0 Å². The summed E-state index contributed by atoms with van der Waals surface area (Å²) in [6, 6.07) is 16.0. The smallest absolute Gasteiger partial charge is 0.196 e. The van der Waals surface area contributed by atoms with Crippen molar-refractivity contribution in [3.05, 3.63) is 60.3 Å². The second-order valence-corrected chi connectivity index (χ2v) is 6.50. The molecular weight excluding hydrogens is 324 g/mol. The van der Waals surface area contributed by atoms with Gasteiger partial charge in [0.25, 0.3) is 0 Å². The Balaban J connectivity index is 1.43. The molecule has 1 fully saturated rings. The van der Waals surface area contributed by atoms with Gasteiger partial charge in [0.05, 0.1) is 22.9 Å². The second-order valence-electron chi connectivity index (χ2n) is 6.50. The molecule has 0 spiro atoms. The van der Waals surface area contributed by atoms with Crippen molar-refractivity contribution in [2.24, 2.45) is 10.7 Å². The van der Waals surface area contributed by atoms with E-state index >= 15 is 0 Å². The monoisotopic (exact) mass is 346 g/mol. The molecule has 0 saturated carbocycles. The van der Waals surface area contributed by atoms with E-state index < -0.39 is 0 Å². The average Bonchev–Trinajstić information content (AvgIpc) is 2.69. The van der Waals surface area contributed by atoms with Crippen LogP contribution in [0.1, 0.15) is 5.56 Å². The van der Waals surface area contributed by atoms with Gasteiger partial charge in [-0.15, -0.1) is 0 Å². The number of anilines is 1. The molecule has 1 aromatic heterocycles. The molecule has 2 N–H and O–H groups in total. The van der Waals surface area contributed by atoms with Crippen LogP contribution in [0.15, 0.2) is 59.7 Å². The third-order valence-electron chi connectivity index (χ3n) is 4.64. The summed E-state index contributed by atoms with van der Waals surface area (Å²) in [5.74, 6) is 1.48. The van der Waals surface area contributed by atoms with Crippen molar-refractivity contribution in [2.45, 2.75) is 6.92 Å². The fraction of sp³-hybridized carbons (Fsp3) is 0.250. The highest BCUT2D eigenvalue weighted by Crippen LogP contribution is 2.18. The fourth-order valence-corrected chi connectivity index (χ4v) is 3.09. The van der Waals surface area contributed by atoms with Gasteiger partial charge in [0.15, 0.2) is 5.96 Å². The second kappa shape index (κ2) is 7.00. The maximum absolute atomic E-state index is 6.21. The number of piperazine rings is 1.